The monoisotopic (exact) mass is 584 g/mol. The second-order valence-electron chi connectivity index (χ2n) is 9.94. The number of nitrogens with one attached hydrogen (secondary N) is 2. The smallest absolute Gasteiger partial charge is 0.407 e. The van der Waals surface area contributed by atoms with Crippen LogP contribution in [-0.2, 0) is 20.9 Å². The molecule has 2 atom stereocenters. The van der Waals surface area contributed by atoms with Crippen molar-refractivity contribution in [3.63, 3.8) is 0 Å². The molecule has 0 aliphatic heterocycles. The lowest BCUT2D eigenvalue weighted by Gasteiger charge is -2.25. The van der Waals surface area contributed by atoms with Crippen LogP contribution in [0.4, 0.5) is 10.5 Å². The van der Waals surface area contributed by atoms with Gasteiger partial charge in [-0.05, 0) is 52.9 Å². The summed E-state index contributed by atoms with van der Waals surface area (Å²) in [7, 11) is 0. The van der Waals surface area contributed by atoms with Crippen molar-refractivity contribution in [1.82, 2.24) is 5.32 Å². The Balaban J connectivity index is 1.31. The fourth-order valence-corrected chi connectivity index (χ4v) is 5.19. The number of carbonyl (C=O) groups excluding carboxylic acids is 2. The summed E-state index contributed by atoms with van der Waals surface area (Å²) in [6, 6.07) is 28.2. The summed E-state index contributed by atoms with van der Waals surface area (Å²) in [5, 5.41) is 14.8. The molecule has 1 aliphatic rings. The highest BCUT2D eigenvalue weighted by atomic mass is 35.5. The van der Waals surface area contributed by atoms with Crippen molar-refractivity contribution >= 4 is 35.3 Å². The molecule has 0 radical (unpaired) electrons. The highest BCUT2D eigenvalue weighted by Gasteiger charge is 2.32. The van der Waals surface area contributed by atoms with Gasteiger partial charge in [-0.1, -0.05) is 90.5 Å². The Bertz CT molecular complexity index is 1560. The first kappa shape index (κ1) is 28.9. The molecule has 0 aromatic heterocycles. The summed E-state index contributed by atoms with van der Waals surface area (Å²) < 4.78 is 11.6. The second-order valence-corrected chi connectivity index (χ2v) is 10.3. The molecule has 0 fully saturated rings. The average Bonchev–Trinajstić information content (AvgIpc) is 3.32. The number of carbonyl (C=O) groups is 3. The number of ether oxygens (including phenoxy) is 2. The fourth-order valence-electron chi connectivity index (χ4n) is 5.03. The minimum atomic E-state index is -1.19. The fraction of sp³-hybridized carbons (Fsp3) is 0.182. The molecule has 0 saturated carbocycles. The van der Waals surface area contributed by atoms with Crippen molar-refractivity contribution in [3.05, 3.63) is 124 Å². The van der Waals surface area contributed by atoms with Gasteiger partial charge in [0.05, 0.1) is 29.0 Å². The Morgan fingerprint density at radius 3 is 2.14 bits per heavy atom. The van der Waals surface area contributed by atoms with Gasteiger partial charge in [0.1, 0.15) is 12.6 Å². The lowest BCUT2D eigenvalue weighted by atomic mass is 9.98. The number of hydrogen-bond acceptors (Lipinski definition) is 5. The van der Waals surface area contributed by atoms with E-state index in [0.717, 1.165) is 27.8 Å². The van der Waals surface area contributed by atoms with E-state index in [4.69, 9.17) is 21.1 Å². The third-order valence-electron chi connectivity index (χ3n) is 7.20. The Morgan fingerprint density at radius 1 is 0.881 bits per heavy atom. The van der Waals surface area contributed by atoms with Crippen LogP contribution in [0.15, 0.2) is 97.1 Å². The highest BCUT2D eigenvalue weighted by molar-refractivity contribution is 6.34. The van der Waals surface area contributed by atoms with Crippen molar-refractivity contribution in [2.45, 2.75) is 31.6 Å². The van der Waals surface area contributed by atoms with Gasteiger partial charge in [0.2, 0.25) is 5.91 Å². The molecule has 0 unspecified atom stereocenters. The van der Waals surface area contributed by atoms with Crippen LogP contribution in [0.3, 0.4) is 0 Å². The van der Waals surface area contributed by atoms with E-state index in [1.165, 1.54) is 18.2 Å². The summed E-state index contributed by atoms with van der Waals surface area (Å²) in [6.45, 7) is 1.93. The SMILES string of the molecule is C[C@H](OCc1ccccc1)[C@@H](NC(=O)OCC1c2ccccc2-c2ccccc21)C(=O)Nc1cc(C(=O)O)ccc1Cl. The number of halogens is 1. The van der Waals surface area contributed by atoms with E-state index in [-0.39, 0.29) is 35.4 Å². The number of aromatic carboxylic acids is 1. The van der Waals surface area contributed by atoms with Crippen molar-refractivity contribution in [3.8, 4) is 11.1 Å². The summed E-state index contributed by atoms with van der Waals surface area (Å²) in [4.78, 5) is 38.0. The third-order valence-corrected chi connectivity index (χ3v) is 7.53. The first-order valence-corrected chi connectivity index (χ1v) is 13.8. The quantitative estimate of drug-likeness (QED) is 0.196. The molecule has 4 aromatic rings. The van der Waals surface area contributed by atoms with E-state index in [9.17, 15) is 19.5 Å². The number of hydrogen-bond donors (Lipinski definition) is 3. The molecule has 9 heteroatoms. The summed E-state index contributed by atoms with van der Waals surface area (Å²) in [5.41, 5.74) is 5.26. The Morgan fingerprint density at radius 2 is 1.50 bits per heavy atom. The molecule has 4 aromatic carbocycles. The molecule has 5 rings (SSSR count). The van der Waals surface area contributed by atoms with E-state index < -0.39 is 30.1 Å². The Hall–Kier alpha value is -4.66. The molecule has 0 bridgehead atoms. The minimum Gasteiger partial charge on any atom is -0.478 e. The zero-order valence-electron chi connectivity index (χ0n) is 22.8. The van der Waals surface area contributed by atoms with Crippen molar-refractivity contribution in [2.75, 3.05) is 11.9 Å². The zero-order valence-corrected chi connectivity index (χ0v) is 23.5. The number of carboxylic acids is 1. The first-order valence-electron chi connectivity index (χ1n) is 13.4. The molecule has 2 amide bonds. The molecule has 214 valence electrons. The summed E-state index contributed by atoms with van der Waals surface area (Å²) >= 11 is 6.23. The highest BCUT2D eigenvalue weighted by Crippen LogP contribution is 2.44. The minimum absolute atomic E-state index is 0.0517. The molecule has 42 heavy (non-hydrogen) atoms. The van der Waals surface area contributed by atoms with Crippen LogP contribution >= 0.6 is 11.6 Å². The second kappa shape index (κ2) is 12.9. The molecule has 0 spiro atoms. The maximum Gasteiger partial charge on any atom is 0.407 e. The predicted molar refractivity (Wildman–Crippen MR) is 160 cm³/mol. The number of carboxylic acid groups (broad SMARTS) is 1. The van der Waals surface area contributed by atoms with Crippen LogP contribution in [0, 0.1) is 0 Å². The lowest BCUT2D eigenvalue weighted by molar-refractivity contribution is -0.121. The molecule has 1 aliphatic carbocycles. The molecule has 8 nitrogen and oxygen atoms in total. The standard InChI is InChI=1S/C33H29ClN2O6/c1-20(41-18-21-9-3-2-4-10-21)30(31(37)35-29-17-22(32(38)39)15-16-28(29)34)36-33(40)42-19-27-25-13-7-5-11-23(25)24-12-6-8-14-26(24)27/h2-17,20,27,30H,18-19H2,1H3,(H,35,37)(H,36,40)(H,38,39)/t20-,30+/m0/s1. The topological polar surface area (TPSA) is 114 Å². The zero-order chi connectivity index (χ0) is 29.6. The van der Waals surface area contributed by atoms with E-state index in [1.54, 1.807) is 6.92 Å². The molecular formula is C33H29ClN2O6. The van der Waals surface area contributed by atoms with Gasteiger partial charge in [0.15, 0.2) is 0 Å². The number of alkyl carbamates (subject to hydrolysis) is 1. The van der Waals surface area contributed by atoms with Gasteiger partial charge >= 0.3 is 12.1 Å². The summed E-state index contributed by atoms with van der Waals surface area (Å²) in [6.07, 6.45) is -1.58. The lowest BCUT2D eigenvalue weighted by Crippen LogP contribution is -2.51. The maximum absolute atomic E-state index is 13.5. The van der Waals surface area contributed by atoms with Crippen LogP contribution in [0.25, 0.3) is 11.1 Å². The van der Waals surface area contributed by atoms with Gasteiger partial charge in [-0.3, -0.25) is 4.79 Å². The number of anilines is 1. The Labute approximate surface area is 248 Å². The van der Waals surface area contributed by atoms with E-state index in [2.05, 4.69) is 10.6 Å². The van der Waals surface area contributed by atoms with Crippen molar-refractivity contribution < 1.29 is 29.0 Å². The van der Waals surface area contributed by atoms with Gasteiger partial charge in [0, 0.05) is 5.92 Å². The van der Waals surface area contributed by atoms with Crippen LogP contribution in [0.2, 0.25) is 5.02 Å². The largest absolute Gasteiger partial charge is 0.478 e. The molecule has 3 N–H and O–H groups in total. The number of benzene rings is 4. The van der Waals surface area contributed by atoms with E-state index >= 15 is 0 Å². The van der Waals surface area contributed by atoms with Gasteiger partial charge in [-0.15, -0.1) is 0 Å². The predicted octanol–water partition coefficient (Wildman–Crippen LogP) is 6.49. The Kier molecular flexibility index (Phi) is 8.85. The van der Waals surface area contributed by atoms with Crippen molar-refractivity contribution in [1.29, 1.82) is 0 Å². The molecular weight excluding hydrogens is 556 g/mol. The van der Waals surface area contributed by atoms with Crippen LogP contribution in [0.5, 0.6) is 0 Å². The number of amides is 2. The molecule has 0 heterocycles. The maximum atomic E-state index is 13.5. The van der Waals surface area contributed by atoms with Gasteiger partial charge < -0.3 is 25.2 Å². The van der Waals surface area contributed by atoms with E-state index in [1.807, 2.05) is 78.9 Å². The van der Waals surface area contributed by atoms with Gasteiger partial charge in [-0.25, -0.2) is 9.59 Å². The average molecular weight is 585 g/mol. The number of fused-ring (bicyclic) bond motifs is 3. The molecule has 0 saturated heterocycles. The van der Waals surface area contributed by atoms with Gasteiger partial charge in [0.25, 0.3) is 0 Å². The number of rotatable bonds is 10. The van der Waals surface area contributed by atoms with Crippen LogP contribution in [-0.4, -0.2) is 41.8 Å². The van der Waals surface area contributed by atoms with Crippen LogP contribution < -0.4 is 10.6 Å². The first-order chi connectivity index (χ1) is 20.3. The third kappa shape index (κ3) is 6.46. The normalized spacial score (nSPS) is 13.4. The van der Waals surface area contributed by atoms with Crippen molar-refractivity contribution in [2.24, 2.45) is 0 Å². The van der Waals surface area contributed by atoms with E-state index in [0.29, 0.717) is 0 Å². The summed E-state index contributed by atoms with van der Waals surface area (Å²) in [5.74, 6) is -1.97. The van der Waals surface area contributed by atoms with Gasteiger partial charge in [-0.2, -0.15) is 0 Å². The van der Waals surface area contributed by atoms with Crippen LogP contribution in [0.1, 0.15) is 39.9 Å².